The van der Waals surface area contributed by atoms with Gasteiger partial charge in [-0.1, -0.05) is 23.7 Å². The third kappa shape index (κ3) is 4.58. The first-order valence-corrected chi connectivity index (χ1v) is 11.8. The third-order valence-electron chi connectivity index (χ3n) is 5.69. The monoisotopic (exact) mass is 413 g/mol. The number of halogens is 1. The molecular weight excluding hydrogens is 386 g/mol. The fourth-order valence-corrected chi connectivity index (χ4v) is 6.06. The first-order chi connectivity index (χ1) is 12.8. The SMILES string of the molecule is CCN(C(=O)C(C)N1CCN(c2ccccc2Cl)CC1)C1CCS(=O)(=O)C1. The van der Waals surface area contributed by atoms with Gasteiger partial charge in [-0.25, -0.2) is 8.42 Å². The highest BCUT2D eigenvalue weighted by molar-refractivity contribution is 7.91. The molecule has 2 unspecified atom stereocenters. The fraction of sp³-hybridized carbons (Fsp3) is 0.632. The molecule has 150 valence electrons. The number of hydrogen-bond acceptors (Lipinski definition) is 5. The number of nitrogens with zero attached hydrogens (tertiary/aromatic N) is 3. The number of sulfone groups is 1. The van der Waals surface area contributed by atoms with E-state index in [1.807, 2.05) is 38.1 Å². The summed E-state index contributed by atoms with van der Waals surface area (Å²) in [5.74, 6) is 0.317. The van der Waals surface area contributed by atoms with Crippen LogP contribution in [0, 0.1) is 0 Å². The maximum atomic E-state index is 13.0. The average molecular weight is 414 g/mol. The van der Waals surface area contributed by atoms with Crippen molar-refractivity contribution >= 4 is 33.0 Å². The summed E-state index contributed by atoms with van der Waals surface area (Å²) in [5.41, 5.74) is 1.03. The minimum absolute atomic E-state index is 0.0331. The van der Waals surface area contributed by atoms with Crippen LogP contribution in [0.2, 0.25) is 5.02 Å². The van der Waals surface area contributed by atoms with Crippen LogP contribution in [0.15, 0.2) is 24.3 Å². The van der Waals surface area contributed by atoms with Gasteiger partial charge in [-0.2, -0.15) is 0 Å². The summed E-state index contributed by atoms with van der Waals surface area (Å²) in [6, 6.07) is 7.39. The summed E-state index contributed by atoms with van der Waals surface area (Å²) < 4.78 is 23.6. The van der Waals surface area contributed by atoms with Gasteiger partial charge in [0, 0.05) is 38.8 Å². The molecule has 0 aliphatic carbocycles. The molecule has 1 aromatic rings. The number of benzene rings is 1. The van der Waals surface area contributed by atoms with E-state index in [0.29, 0.717) is 13.0 Å². The molecule has 6 nitrogen and oxygen atoms in total. The van der Waals surface area contributed by atoms with Crippen LogP contribution in [0.4, 0.5) is 5.69 Å². The van der Waals surface area contributed by atoms with Gasteiger partial charge in [-0.05, 0) is 32.4 Å². The van der Waals surface area contributed by atoms with Crippen molar-refractivity contribution in [2.45, 2.75) is 32.4 Å². The highest BCUT2D eigenvalue weighted by Gasteiger charge is 2.37. The largest absolute Gasteiger partial charge is 0.368 e. The predicted molar refractivity (Wildman–Crippen MR) is 109 cm³/mol. The van der Waals surface area contributed by atoms with Crippen molar-refractivity contribution in [3.8, 4) is 0 Å². The lowest BCUT2D eigenvalue weighted by Gasteiger charge is -2.40. The summed E-state index contributed by atoms with van der Waals surface area (Å²) >= 11 is 6.30. The van der Waals surface area contributed by atoms with Crippen LogP contribution in [-0.2, 0) is 14.6 Å². The molecule has 27 heavy (non-hydrogen) atoms. The highest BCUT2D eigenvalue weighted by atomic mass is 35.5. The number of piperazine rings is 1. The number of anilines is 1. The standard InChI is InChI=1S/C19H28ClN3O3S/c1-3-23(16-8-13-27(25,26)14-16)19(24)15(2)21-9-11-22(12-10-21)18-7-5-4-6-17(18)20/h4-7,15-16H,3,8-14H2,1-2H3. The molecule has 2 aliphatic rings. The van der Waals surface area contributed by atoms with Crippen molar-refractivity contribution in [1.82, 2.24) is 9.80 Å². The lowest BCUT2D eigenvalue weighted by atomic mass is 10.1. The van der Waals surface area contributed by atoms with Gasteiger partial charge in [0.2, 0.25) is 5.91 Å². The fourth-order valence-electron chi connectivity index (χ4n) is 4.07. The van der Waals surface area contributed by atoms with Gasteiger partial charge in [-0.15, -0.1) is 0 Å². The molecule has 1 amide bonds. The van der Waals surface area contributed by atoms with E-state index in [1.54, 1.807) is 4.90 Å². The Morgan fingerprint density at radius 2 is 1.93 bits per heavy atom. The van der Waals surface area contributed by atoms with E-state index in [0.717, 1.165) is 36.9 Å². The third-order valence-corrected chi connectivity index (χ3v) is 7.76. The Bertz CT molecular complexity index is 778. The second kappa shape index (κ2) is 8.37. The molecule has 0 N–H and O–H groups in total. The molecule has 1 aromatic carbocycles. The lowest BCUT2D eigenvalue weighted by Crippen LogP contribution is -2.56. The van der Waals surface area contributed by atoms with E-state index in [-0.39, 0.29) is 29.5 Å². The van der Waals surface area contributed by atoms with Crippen molar-refractivity contribution in [3.05, 3.63) is 29.3 Å². The van der Waals surface area contributed by atoms with Gasteiger partial charge in [-0.3, -0.25) is 9.69 Å². The number of hydrogen-bond donors (Lipinski definition) is 0. The minimum Gasteiger partial charge on any atom is -0.368 e. The zero-order valence-corrected chi connectivity index (χ0v) is 17.5. The second-order valence-electron chi connectivity index (χ2n) is 7.33. The number of amides is 1. The van der Waals surface area contributed by atoms with Gasteiger partial charge in [0.15, 0.2) is 9.84 Å². The lowest BCUT2D eigenvalue weighted by molar-refractivity contribution is -0.138. The van der Waals surface area contributed by atoms with E-state index in [2.05, 4.69) is 9.80 Å². The number of carbonyl (C=O) groups is 1. The number of rotatable bonds is 5. The predicted octanol–water partition coefficient (Wildman–Crippen LogP) is 1.89. The summed E-state index contributed by atoms with van der Waals surface area (Å²) in [5, 5.41) is 0.745. The van der Waals surface area contributed by atoms with Crippen LogP contribution in [0.5, 0.6) is 0 Å². The average Bonchev–Trinajstić information content (AvgIpc) is 3.01. The summed E-state index contributed by atoms with van der Waals surface area (Å²) in [6.07, 6.45) is 0.551. The van der Waals surface area contributed by atoms with Crippen molar-refractivity contribution in [2.24, 2.45) is 0 Å². The molecule has 0 aromatic heterocycles. The Balaban J connectivity index is 1.60. The Morgan fingerprint density at radius 1 is 1.26 bits per heavy atom. The van der Waals surface area contributed by atoms with Gasteiger partial charge >= 0.3 is 0 Å². The summed E-state index contributed by atoms with van der Waals surface area (Å²) in [7, 11) is -3.00. The van der Waals surface area contributed by atoms with E-state index >= 15 is 0 Å². The Hall–Kier alpha value is -1.31. The number of carbonyl (C=O) groups excluding carboxylic acids is 1. The molecule has 2 heterocycles. The highest BCUT2D eigenvalue weighted by Crippen LogP contribution is 2.26. The molecule has 3 rings (SSSR count). The Morgan fingerprint density at radius 3 is 2.48 bits per heavy atom. The molecule has 2 saturated heterocycles. The molecule has 8 heteroatoms. The number of likely N-dealkylation sites (N-methyl/N-ethyl adjacent to an activating group) is 1. The quantitative estimate of drug-likeness (QED) is 0.737. The van der Waals surface area contributed by atoms with Crippen LogP contribution in [0.25, 0.3) is 0 Å². The molecule has 2 atom stereocenters. The van der Waals surface area contributed by atoms with E-state index in [9.17, 15) is 13.2 Å². The maximum Gasteiger partial charge on any atom is 0.239 e. The zero-order chi connectivity index (χ0) is 19.6. The van der Waals surface area contributed by atoms with Crippen LogP contribution in [0.3, 0.4) is 0 Å². The second-order valence-corrected chi connectivity index (χ2v) is 9.97. The Labute approximate surface area is 167 Å². The van der Waals surface area contributed by atoms with Crippen LogP contribution >= 0.6 is 11.6 Å². The van der Waals surface area contributed by atoms with E-state index in [1.165, 1.54) is 0 Å². The molecule has 0 saturated carbocycles. The van der Waals surface area contributed by atoms with Crippen molar-refractivity contribution in [2.75, 3.05) is 49.1 Å². The van der Waals surface area contributed by atoms with Crippen molar-refractivity contribution in [1.29, 1.82) is 0 Å². The first-order valence-electron chi connectivity index (χ1n) is 9.57. The summed E-state index contributed by atoms with van der Waals surface area (Å²) in [4.78, 5) is 19.2. The number of para-hydroxylation sites is 1. The molecule has 0 bridgehead atoms. The van der Waals surface area contributed by atoms with Crippen molar-refractivity contribution in [3.63, 3.8) is 0 Å². The molecular formula is C19H28ClN3O3S. The van der Waals surface area contributed by atoms with Crippen LogP contribution in [0.1, 0.15) is 20.3 Å². The molecule has 0 radical (unpaired) electrons. The van der Waals surface area contributed by atoms with Gasteiger partial charge in [0.25, 0.3) is 0 Å². The molecule has 2 aliphatic heterocycles. The molecule has 0 spiro atoms. The van der Waals surface area contributed by atoms with Gasteiger partial charge < -0.3 is 9.80 Å². The normalized spacial score (nSPS) is 24.0. The van der Waals surface area contributed by atoms with E-state index < -0.39 is 9.84 Å². The minimum atomic E-state index is -3.00. The van der Waals surface area contributed by atoms with Crippen molar-refractivity contribution < 1.29 is 13.2 Å². The van der Waals surface area contributed by atoms with Crippen LogP contribution in [-0.4, -0.2) is 80.4 Å². The summed E-state index contributed by atoms with van der Waals surface area (Å²) in [6.45, 7) is 7.57. The van der Waals surface area contributed by atoms with Gasteiger partial charge in [0.1, 0.15) is 0 Å². The van der Waals surface area contributed by atoms with Crippen LogP contribution < -0.4 is 4.90 Å². The topological polar surface area (TPSA) is 60.9 Å². The van der Waals surface area contributed by atoms with E-state index in [4.69, 9.17) is 11.6 Å². The Kier molecular flexibility index (Phi) is 6.33. The first kappa shape index (κ1) is 20.4. The van der Waals surface area contributed by atoms with Gasteiger partial charge in [0.05, 0.1) is 28.3 Å². The molecule has 2 fully saturated rings. The zero-order valence-electron chi connectivity index (χ0n) is 16.0. The smallest absolute Gasteiger partial charge is 0.239 e. The maximum absolute atomic E-state index is 13.0.